The Morgan fingerprint density at radius 2 is 2.29 bits per heavy atom. The van der Waals surface area contributed by atoms with E-state index in [0.29, 0.717) is 11.3 Å². The third kappa shape index (κ3) is 2.00. The Morgan fingerprint density at radius 1 is 1.64 bits per heavy atom. The third-order valence-electron chi connectivity index (χ3n) is 1.70. The van der Waals surface area contributed by atoms with Gasteiger partial charge in [0.1, 0.15) is 0 Å². The molecule has 0 aliphatic rings. The Morgan fingerprint density at radius 3 is 2.71 bits per heavy atom. The average Bonchev–Trinajstić information content (AvgIpc) is 2.16. The maximum atomic E-state index is 10.4. The number of nitro groups is 1. The molecule has 0 unspecified atom stereocenters. The van der Waals surface area contributed by atoms with E-state index in [0.717, 1.165) is 0 Å². The van der Waals surface area contributed by atoms with Crippen LogP contribution in [0.25, 0.3) is 0 Å². The molecule has 5 nitrogen and oxygen atoms in total. The number of benzene rings is 1. The van der Waals surface area contributed by atoms with Crippen molar-refractivity contribution in [2.45, 2.75) is 6.92 Å². The lowest BCUT2D eigenvalue weighted by Crippen LogP contribution is -1.97. The molecule has 0 heterocycles. The van der Waals surface area contributed by atoms with Crippen molar-refractivity contribution in [1.82, 2.24) is 0 Å². The first-order chi connectivity index (χ1) is 6.56. The molecule has 6 heteroatoms. The Labute approximate surface area is 84.8 Å². The lowest BCUT2D eigenvalue weighted by molar-refractivity contribution is -0.384. The molecule has 0 saturated carbocycles. The van der Waals surface area contributed by atoms with E-state index >= 15 is 0 Å². The van der Waals surface area contributed by atoms with Gasteiger partial charge in [-0.3, -0.25) is 10.1 Å². The van der Waals surface area contributed by atoms with Gasteiger partial charge in [0, 0.05) is 17.7 Å². The van der Waals surface area contributed by atoms with Gasteiger partial charge in [0.15, 0.2) is 0 Å². The van der Waals surface area contributed by atoms with Crippen molar-refractivity contribution in [2.24, 2.45) is 5.16 Å². The van der Waals surface area contributed by atoms with Gasteiger partial charge in [-0.05, 0) is 13.0 Å². The number of nitro benzene ring substituents is 1. The highest BCUT2D eigenvalue weighted by Crippen LogP contribution is 2.22. The highest BCUT2D eigenvalue weighted by molar-refractivity contribution is 6.34. The molecule has 0 aliphatic carbocycles. The molecular weight excluding hydrogens is 208 g/mol. The quantitative estimate of drug-likeness (QED) is 0.356. The molecule has 0 bridgehead atoms. The number of non-ortho nitro benzene ring substituents is 1. The van der Waals surface area contributed by atoms with E-state index in [4.69, 9.17) is 16.8 Å². The number of hydrogen-bond donors (Lipinski definition) is 1. The molecule has 0 atom stereocenters. The highest BCUT2D eigenvalue weighted by atomic mass is 35.5. The van der Waals surface area contributed by atoms with Crippen LogP contribution in [0.15, 0.2) is 23.4 Å². The Hall–Kier alpha value is -1.62. The van der Waals surface area contributed by atoms with Crippen LogP contribution in [0.2, 0.25) is 5.02 Å². The van der Waals surface area contributed by atoms with Crippen LogP contribution in [-0.2, 0) is 0 Å². The predicted octanol–water partition coefficient (Wildman–Crippen LogP) is 2.45. The molecule has 0 amide bonds. The van der Waals surface area contributed by atoms with Crippen molar-refractivity contribution in [1.29, 1.82) is 0 Å². The van der Waals surface area contributed by atoms with Gasteiger partial charge in [0.2, 0.25) is 0 Å². The van der Waals surface area contributed by atoms with Gasteiger partial charge in [-0.2, -0.15) is 0 Å². The minimum absolute atomic E-state index is 0.0931. The van der Waals surface area contributed by atoms with Crippen LogP contribution >= 0.6 is 11.6 Å². The molecule has 14 heavy (non-hydrogen) atoms. The van der Waals surface area contributed by atoms with Crippen molar-refractivity contribution in [2.75, 3.05) is 0 Å². The predicted molar refractivity (Wildman–Crippen MR) is 52.1 cm³/mol. The summed E-state index contributed by atoms with van der Waals surface area (Å²) in [6.45, 7) is 1.55. The average molecular weight is 215 g/mol. The third-order valence-corrected chi connectivity index (χ3v) is 2.02. The molecular formula is C8H7ClN2O3. The van der Waals surface area contributed by atoms with Crippen molar-refractivity contribution < 1.29 is 10.1 Å². The molecule has 1 N–H and O–H groups in total. The number of nitrogens with zero attached hydrogens (tertiary/aromatic N) is 2. The van der Waals surface area contributed by atoms with E-state index in [2.05, 4.69) is 5.16 Å². The van der Waals surface area contributed by atoms with E-state index in [9.17, 15) is 10.1 Å². The zero-order valence-electron chi connectivity index (χ0n) is 7.27. The van der Waals surface area contributed by atoms with Gasteiger partial charge in [0.25, 0.3) is 5.69 Å². The van der Waals surface area contributed by atoms with Gasteiger partial charge < -0.3 is 5.21 Å². The van der Waals surface area contributed by atoms with Crippen LogP contribution in [0.3, 0.4) is 0 Å². The van der Waals surface area contributed by atoms with Crippen LogP contribution in [0.5, 0.6) is 0 Å². The lowest BCUT2D eigenvalue weighted by Gasteiger charge is -2.00. The van der Waals surface area contributed by atoms with Gasteiger partial charge in [0.05, 0.1) is 15.7 Å². The minimum Gasteiger partial charge on any atom is -0.411 e. The van der Waals surface area contributed by atoms with Crippen molar-refractivity contribution in [3.8, 4) is 0 Å². The molecule has 0 spiro atoms. The monoisotopic (exact) mass is 214 g/mol. The fraction of sp³-hybridized carbons (Fsp3) is 0.125. The maximum Gasteiger partial charge on any atom is 0.270 e. The zero-order chi connectivity index (χ0) is 10.7. The minimum atomic E-state index is -0.541. The summed E-state index contributed by atoms with van der Waals surface area (Å²) in [5.41, 5.74) is 0.689. The topological polar surface area (TPSA) is 75.7 Å². The second kappa shape index (κ2) is 4.06. The van der Waals surface area contributed by atoms with E-state index < -0.39 is 4.92 Å². The first-order valence-electron chi connectivity index (χ1n) is 3.69. The van der Waals surface area contributed by atoms with Crippen molar-refractivity contribution in [3.63, 3.8) is 0 Å². The van der Waals surface area contributed by atoms with Gasteiger partial charge in [-0.25, -0.2) is 0 Å². The second-order valence-electron chi connectivity index (χ2n) is 2.61. The van der Waals surface area contributed by atoms with Crippen LogP contribution in [-0.4, -0.2) is 15.8 Å². The molecule has 1 aromatic carbocycles. The molecule has 0 fully saturated rings. The summed E-state index contributed by atoms with van der Waals surface area (Å²) in [4.78, 5) is 9.83. The first kappa shape index (κ1) is 10.5. The molecule has 1 rings (SSSR count). The van der Waals surface area contributed by atoms with E-state index in [1.54, 1.807) is 6.92 Å². The van der Waals surface area contributed by atoms with Gasteiger partial charge in [-0.15, -0.1) is 0 Å². The molecule has 0 radical (unpaired) electrons. The normalized spacial score (nSPS) is 11.4. The first-order valence-corrected chi connectivity index (χ1v) is 4.07. The van der Waals surface area contributed by atoms with Crippen LogP contribution in [0.4, 0.5) is 5.69 Å². The van der Waals surface area contributed by atoms with Gasteiger partial charge in [-0.1, -0.05) is 16.8 Å². The van der Waals surface area contributed by atoms with Crippen LogP contribution in [0.1, 0.15) is 12.5 Å². The van der Waals surface area contributed by atoms with Crippen molar-refractivity contribution >= 4 is 23.0 Å². The summed E-state index contributed by atoms with van der Waals surface area (Å²) in [7, 11) is 0. The fourth-order valence-corrected chi connectivity index (χ4v) is 1.28. The summed E-state index contributed by atoms with van der Waals surface area (Å²) < 4.78 is 0. The maximum absolute atomic E-state index is 10.4. The standard InChI is InChI=1S/C8H7ClN2O3/c1-5(10-12)7-3-2-6(11(13)14)4-8(7)9/h2-4,12H,1H3/b10-5-. The SMILES string of the molecule is C/C(=N/O)c1ccc([N+](=O)[O-])cc1Cl. The van der Waals surface area contributed by atoms with Crippen LogP contribution < -0.4 is 0 Å². The Balaban J connectivity index is 3.20. The van der Waals surface area contributed by atoms with E-state index in [1.807, 2.05) is 0 Å². The van der Waals surface area contributed by atoms with E-state index in [1.165, 1.54) is 18.2 Å². The summed E-state index contributed by atoms with van der Waals surface area (Å²) >= 11 is 5.75. The summed E-state index contributed by atoms with van der Waals surface area (Å²) in [6.07, 6.45) is 0. The number of hydrogen-bond acceptors (Lipinski definition) is 4. The van der Waals surface area contributed by atoms with Gasteiger partial charge >= 0.3 is 0 Å². The largest absolute Gasteiger partial charge is 0.411 e. The van der Waals surface area contributed by atoms with Crippen LogP contribution in [0, 0.1) is 10.1 Å². The molecule has 1 aromatic rings. The number of halogens is 1. The van der Waals surface area contributed by atoms with E-state index in [-0.39, 0.29) is 10.7 Å². The fourth-order valence-electron chi connectivity index (χ4n) is 0.965. The summed E-state index contributed by atoms with van der Waals surface area (Å²) in [5, 5.41) is 22.0. The lowest BCUT2D eigenvalue weighted by atomic mass is 10.1. The van der Waals surface area contributed by atoms with Crippen molar-refractivity contribution in [3.05, 3.63) is 38.9 Å². The summed E-state index contributed by atoms with van der Waals surface area (Å²) in [6, 6.07) is 3.96. The zero-order valence-corrected chi connectivity index (χ0v) is 8.02. The molecule has 0 aromatic heterocycles. The Bertz CT molecular complexity index is 404. The second-order valence-corrected chi connectivity index (χ2v) is 3.01. The number of rotatable bonds is 2. The highest BCUT2D eigenvalue weighted by Gasteiger charge is 2.10. The smallest absolute Gasteiger partial charge is 0.270 e. The number of oxime groups is 1. The molecule has 0 saturated heterocycles. The Kier molecular flexibility index (Phi) is 3.03. The molecule has 0 aliphatic heterocycles. The molecule has 74 valence electrons. The summed E-state index contributed by atoms with van der Waals surface area (Å²) in [5.74, 6) is 0.